The van der Waals surface area contributed by atoms with Gasteiger partial charge in [-0.15, -0.1) is 4.58 Å². The van der Waals surface area contributed by atoms with Crippen molar-refractivity contribution >= 4 is 19.1 Å². The lowest BCUT2D eigenvalue weighted by atomic mass is 10.2. The maximum absolute atomic E-state index is 11.6. The highest BCUT2D eigenvalue weighted by Crippen LogP contribution is 2.18. The van der Waals surface area contributed by atoms with Crippen molar-refractivity contribution in [3.63, 3.8) is 0 Å². The van der Waals surface area contributed by atoms with Gasteiger partial charge in [-0.3, -0.25) is 4.48 Å². The normalized spacial score (nSPS) is 23.4. The highest BCUT2D eigenvalue weighted by Gasteiger charge is 2.30. The van der Waals surface area contributed by atoms with E-state index in [-0.39, 0.29) is 6.09 Å². The molecule has 0 bridgehead atoms. The van der Waals surface area contributed by atoms with Gasteiger partial charge in [0.2, 0.25) is 0 Å². The van der Waals surface area contributed by atoms with Crippen LogP contribution < -0.4 is 0 Å². The number of amides is 1. The molecule has 0 aromatic heterocycles. The summed E-state index contributed by atoms with van der Waals surface area (Å²) in [6.07, 6.45) is 6.43. The van der Waals surface area contributed by atoms with Crippen molar-refractivity contribution in [3.8, 4) is 0 Å². The van der Waals surface area contributed by atoms with Crippen molar-refractivity contribution in [2.75, 3.05) is 26.7 Å². The number of carbonyl (C=O) groups is 1. The molecule has 0 aromatic rings. The van der Waals surface area contributed by atoms with E-state index in [1.807, 2.05) is 32.3 Å². The summed E-state index contributed by atoms with van der Waals surface area (Å²) < 4.78 is 7.20. The van der Waals surface area contributed by atoms with Gasteiger partial charge in [0, 0.05) is 0 Å². The van der Waals surface area contributed by atoms with E-state index in [0.29, 0.717) is 19.2 Å². The fraction of sp³-hybridized carbons (Fsp3) is 0.588. The number of likely N-dealkylation sites (N-methyl/N-ethyl adjacent to an activating group) is 1. The molecule has 1 aliphatic heterocycles. The summed E-state index contributed by atoms with van der Waals surface area (Å²) in [6.45, 7) is 13.8. The minimum absolute atomic E-state index is 0.384. The van der Waals surface area contributed by atoms with Gasteiger partial charge in [-0.25, -0.2) is 4.99 Å². The second-order valence-electron chi connectivity index (χ2n) is 6.33. The van der Waals surface area contributed by atoms with Gasteiger partial charge in [-0.1, -0.05) is 13.0 Å². The summed E-state index contributed by atoms with van der Waals surface area (Å²) in [5.74, 6) is 0. The summed E-state index contributed by atoms with van der Waals surface area (Å²) in [6, 6.07) is 0.503. The Labute approximate surface area is 133 Å². The zero-order valence-electron chi connectivity index (χ0n) is 14.5. The van der Waals surface area contributed by atoms with Crippen molar-refractivity contribution < 1.29 is 18.6 Å². The number of rotatable bonds is 6. The maximum atomic E-state index is 11.6. The molecule has 0 N–H and O–H groups in total. The number of hydrogen-bond donors (Lipinski definition) is 0. The Hall–Kier alpha value is -1.75. The number of aliphatic imine (C=N–C) groups is 1. The summed E-state index contributed by atoms with van der Waals surface area (Å²) in [4.78, 5) is 16.1. The zero-order valence-corrected chi connectivity index (χ0v) is 14.5. The standard InChI is InChI=1S/C17H29N3O2/c1-7-10-22-17(21)19(5)11-15(4)8-9-16-12-20(6,13-18-16)14(2)3/h8-9,13-14H,5,7,10-12H2,1-4,6H3/q+2/b15-8+,16-9+. The third-order valence-corrected chi connectivity index (χ3v) is 3.86. The average molecular weight is 307 g/mol. The number of hydrogen-bond acceptors (Lipinski definition) is 3. The van der Waals surface area contributed by atoms with Crippen LogP contribution in [0.3, 0.4) is 0 Å². The van der Waals surface area contributed by atoms with E-state index in [9.17, 15) is 4.79 Å². The average Bonchev–Trinajstić information content (AvgIpc) is 2.85. The van der Waals surface area contributed by atoms with Gasteiger partial charge in [0.25, 0.3) is 0 Å². The quantitative estimate of drug-likeness (QED) is 0.430. The molecule has 0 saturated carbocycles. The molecule has 0 saturated heterocycles. The van der Waals surface area contributed by atoms with E-state index in [0.717, 1.165) is 28.7 Å². The Morgan fingerprint density at radius 3 is 2.82 bits per heavy atom. The van der Waals surface area contributed by atoms with Crippen LogP contribution in [-0.4, -0.2) is 61.0 Å². The predicted molar refractivity (Wildman–Crippen MR) is 90.4 cm³/mol. The van der Waals surface area contributed by atoms with E-state index >= 15 is 0 Å². The van der Waals surface area contributed by atoms with E-state index in [1.165, 1.54) is 4.58 Å². The molecule has 1 amide bonds. The van der Waals surface area contributed by atoms with Crippen LogP contribution in [0, 0.1) is 0 Å². The van der Waals surface area contributed by atoms with Gasteiger partial charge in [-0.2, -0.15) is 4.79 Å². The number of ether oxygens (including phenoxy) is 1. The van der Waals surface area contributed by atoms with Crippen molar-refractivity contribution in [2.45, 2.75) is 40.2 Å². The molecule has 0 aliphatic carbocycles. The van der Waals surface area contributed by atoms with E-state index < -0.39 is 0 Å². The molecule has 122 valence electrons. The molecule has 5 nitrogen and oxygen atoms in total. The third kappa shape index (κ3) is 5.22. The first-order valence-corrected chi connectivity index (χ1v) is 7.79. The van der Waals surface area contributed by atoms with Crippen LogP contribution in [0.2, 0.25) is 0 Å². The van der Waals surface area contributed by atoms with Crippen molar-refractivity contribution in [1.29, 1.82) is 0 Å². The van der Waals surface area contributed by atoms with Crippen LogP contribution in [0.4, 0.5) is 4.79 Å². The molecule has 0 spiro atoms. The van der Waals surface area contributed by atoms with E-state index in [2.05, 4.69) is 32.6 Å². The highest BCUT2D eigenvalue weighted by molar-refractivity contribution is 5.60. The Kier molecular flexibility index (Phi) is 6.68. The third-order valence-electron chi connectivity index (χ3n) is 3.86. The molecule has 0 aromatic carbocycles. The highest BCUT2D eigenvalue weighted by atomic mass is 16.5. The largest absolute Gasteiger partial charge is 0.596 e. The molecule has 1 rings (SSSR count). The molecule has 0 fully saturated rings. The lowest BCUT2D eigenvalue weighted by Crippen LogP contribution is -2.46. The van der Waals surface area contributed by atoms with Crippen LogP contribution in [-0.2, 0) is 4.74 Å². The first-order chi connectivity index (χ1) is 10.3. The summed E-state index contributed by atoms with van der Waals surface area (Å²) in [7, 11) is 2.17. The smallest absolute Gasteiger partial charge is 0.412 e. The van der Waals surface area contributed by atoms with Crippen LogP contribution in [0.5, 0.6) is 0 Å². The molecule has 0 radical (unpaired) electrons. The predicted octanol–water partition coefficient (Wildman–Crippen LogP) is 2.97. The number of carbonyl (C=O) groups excluding carboxylic acids is 1. The van der Waals surface area contributed by atoms with Gasteiger partial charge < -0.3 is 4.74 Å². The van der Waals surface area contributed by atoms with Crippen molar-refractivity contribution in [2.24, 2.45) is 4.99 Å². The Bertz CT molecular complexity index is 518. The van der Waals surface area contributed by atoms with Crippen LogP contribution in [0.15, 0.2) is 28.4 Å². The Morgan fingerprint density at radius 1 is 1.59 bits per heavy atom. The van der Waals surface area contributed by atoms with E-state index in [1.54, 1.807) is 0 Å². The molecule has 1 aliphatic rings. The zero-order chi connectivity index (χ0) is 16.8. The van der Waals surface area contributed by atoms with Crippen molar-refractivity contribution in [1.82, 2.24) is 0 Å². The van der Waals surface area contributed by atoms with Crippen LogP contribution >= 0.6 is 0 Å². The fourth-order valence-electron chi connectivity index (χ4n) is 1.99. The number of nitrogens with zero attached hydrogens (tertiary/aromatic N) is 3. The van der Waals surface area contributed by atoms with Gasteiger partial charge in [0.05, 0.1) is 19.7 Å². The molecule has 1 heterocycles. The van der Waals surface area contributed by atoms with Crippen LogP contribution in [0.1, 0.15) is 34.1 Å². The second-order valence-corrected chi connectivity index (χ2v) is 6.33. The molecule has 1 atom stereocenters. The first kappa shape index (κ1) is 18.3. The first-order valence-electron chi connectivity index (χ1n) is 7.79. The minimum atomic E-state index is -0.384. The monoisotopic (exact) mass is 307 g/mol. The lowest BCUT2D eigenvalue weighted by Gasteiger charge is -2.29. The van der Waals surface area contributed by atoms with Gasteiger partial charge in [0.15, 0.2) is 12.9 Å². The maximum Gasteiger partial charge on any atom is 0.596 e. The van der Waals surface area contributed by atoms with Gasteiger partial charge in [0.1, 0.15) is 19.0 Å². The second kappa shape index (κ2) is 8.03. The van der Waals surface area contributed by atoms with Crippen molar-refractivity contribution in [3.05, 3.63) is 23.4 Å². The summed E-state index contributed by atoms with van der Waals surface area (Å²) in [5.41, 5.74) is 2.09. The molecular formula is C17H29N3O2+2. The van der Waals surface area contributed by atoms with Gasteiger partial charge >= 0.3 is 6.09 Å². The molecular weight excluding hydrogens is 278 g/mol. The molecule has 5 heteroatoms. The molecule has 1 unspecified atom stereocenters. The van der Waals surface area contributed by atoms with Gasteiger partial charge in [-0.05, 0) is 38.8 Å². The number of quaternary nitrogens is 1. The minimum Gasteiger partial charge on any atom is -0.412 e. The molecule has 22 heavy (non-hydrogen) atoms. The summed E-state index contributed by atoms with van der Waals surface area (Å²) >= 11 is 0. The lowest BCUT2D eigenvalue weighted by molar-refractivity contribution is -0.827. The topological polar surface area (TPSA) is 41.7 Å². The van der Waals surface area contributed by atoms with E-state index in [4.69, 9.17) is 4.74 Å². The fourth-order valence-corrected chi connectivity index (χ4v) is 1.99. The summed E-state index contributed by atoms with van der Waals surface area (Å²) in [5, 5.41) is 0. The SMILES string of the molecule is C=[N+](C/C(C)=C/C=C1\C[N+](C)(C(C)C)C=N1)C(=O)OCCC. The Balaban J connectivity index is 2.57. The van der Waals surface area contributed by atoms with Crippen LogP contribution in [0.25, 0.3) is 0 Å². The Morgan fingerprint density at radius 2 is 2.27 bits per heavy atom. The number of allylic oxidation sites excluding steroid dienone is 2.